The van der Waals surface area contributed by atoms with E-state index in [-0.39, 0.29) is 11.5 Å². The van der Waals surface area contributed by atoms with Crippen molar-refractivity contribution in [2.75, 3.05) is 11.5 Å². The van der Waals surface area contributed by atoms with Crippen molar-refractivity contribution in [3.8, 4) is 0 Å². The molecule has 0 spiro atoms. The van der Waals surface area contributed by atoms with E-state index in [2.05, 4.69) is 13.8 Å². The molecule has 1 aromatic carbocycles. The van der Waals surface area contributed by atoms with E-state index < -0.39 is 10.8 Å². The minimum Gasteiger partial charge on any atom is -0.293 e. The highest BCUT2D eigenvalue weighted by Crippen LogP contribution is 2.22. The first-order chi connectivity index (χ1) is 8.40. The average molecular weight is 307 g/mol. The van der Waals surface area contributed by atoms with Gasteiger partial charge in [0, 0.05) is 22.1 Å². The normalized spacial score (nSPS) is 12.7. The summed E-state index contributed by atoms with van der Waals surface area (Å²) in [4.78, 5) is 11.9. The number of hydrogen-bond donors (Lipinski definition) is 0. The molecule has 0 fully saturated rings. The van der Waals surface area contributed by atoms with E-state index in [4.69, 9.17) is 23.2 Å². The van der Waals surface area contributed by atoms with E-state index >= 15 is 0 Å². The average Bonchev–Trinajstić information content (AvgIpc) is 2.30. The fourth-order valence-corrected chi connectivity index (χ4v) is 2.97. The lowest BCUT2D eigenvalue weighted by atomic mass is 10.1. The van der Waals surface area contributed by atoms with Crippen LogP contribution in [0.4, 0.5) is 0 Å². The molecule has 0 aromatic heterocycles. The second-order valence-electron chi connectivity index (χ2n) is 4.52. The third-order valence-corrected chi connectivity index (χ3v) is 4.47. The maximum absolute atomic E-state index is 11.9. The van der Waals surface area contributed by atoms with Gasteiger partial charge in [0.05, 0.1) is 15.8 Å². The van der Waals surface area contributed by atoms with Crippen molar-refractivity contribution in [2.45, 2.75) is 20.3 Å². The molecule has 0 radical (unpaired) electrons. The lowest BCUT2D eigenvalue weighted by Gasteiger charge is -2.05. The third-order valence-electron chi connectivity index (χ3n) is 2.46. The molecule has 0 aliphatic heterocycles. The molecule has 5 heteroatoms. The molecule has 2 nitrogen and oxygen atoms in total. The molecule has 0 aliphatic carbocycles. The lowest BCUT2D eigenvalue weighted by molar-refractivity contribution is 0.102. The SMILES string of the molecule is CC(C)CCS(=O)CC(=O)c1ccc(Cl)c(Cl)c1. The van der Waals surface area contributed by atoms with Gasteiger partial charge < -0.3 is 0 Å². The van der Waals surface area contributed by atoms with E-state index in [1.807, 2.05) is 0 Å². The number of ketones is 1. The Hall–Kier alpha value is -0.380. The smallest absolute Gasteiger partial charge is 0.175 e. The highest BCUT2D eigenvalue weighted by molar-refractivity contribution is 7.85. The molecule has 18 heavy (non-hydrogen) atoms. The summed E-state index contributed by atoms with van der Waals surface area (Å²) in [5.74, 6) is 0.944. The van der Waals surface area contributed by atoms with Crippen molar-refractivity contribution < 1.29 is 9.00 Å². The summed E-state index contributed by atoms with van der Waals surface area (Å²) in [7, 11) is -1.11. The zero-order valence-corrected chi connectivity index (χ0v) is 12.7. The summed E-state index contributed by atoms with van der Waals surface area (Å²) < 4.78 is 11.7. The van der Waals surface area contributed by atoms with Gasteiger partial charge in [0.2, 0.25) is 0 Å². The molecule has 0 amide bonds. The van der Waals surface area contributed by atoms with Crippen LogP contribution in [0.1, 0.15) is 30.6 Å². The summed E-state index contributed by atoms with van der Waals surface area (Å²) in [5.41, 5.74) is 0.460. The van der Waals surface area contributed by atoms with Gasteiger partial charge in [-0.25, -0.2) is 0 Å². The Bertz CT molecular complexity index is 458. The van der Waals surface area contributed by atoms with Gasteiger partial charge in [-0.15, -0.1) is 0 Å². The van der Waals surface area contributed by atoms with Gasteiger partial charge in [-0.2, -0.15) is 0 Å². The number of halogens is 2. The van der Waals surface area contributed by atoms with Crippen LogP contribution >= 0.6 is 23.2 Å². The number of Topliss-reactive ketones (excluding diaryl/α,β-unsaturated/α-hetero) is 1. The molecule has 0 N–H and O–H groups in total. The van der Waals surface area contributed by atoms with E-state index in [1.165, 1.54) is 6.07 Å². The van der Waals surface area contributed by atoms with Crippen LogP contribution in [0.25, 0.3) is 0 Å². The molecular weight excluding hydrogens is 291 g/mol. The fourth-order valence-electron chi connectivity index (χ4n) is 1.34. The maximum Gasteiger partial charge on any atom is 0.175 e. The van der Waals surface area contributed by atoms with Crippen LogP contribution in [0, 0.1) is 5.92 Å². The summed E-state index contributed by atoms with van der Waals surface area (Å²) in [6.07, 6.45) is 0.862. The van der Waals surface area contributed by atoms with Gasteiger partial charge in [-0.1, -0.05) is 37.0 Å². The lowest BCUT2D eigenvalue weighted by Crippen LogP contribution is -2.14. The standard InChI is InChI=1S/C13H16Cl2O2S/c1-9(2)5-6-18(17)8-13(16)10-3-4-11(14)12(15)7-10/h3-4,7,9H,5-6,8H2,1-2H3. The van der Waals surface area contributed by atoms with E-state index in [9.17, 15) is 9.00 Å². The van der Waals surface area contributed by atoms with Crippen LogP contribution in [0.15, 0.2) is 18.2 Å². The Morgan fingerprint density at radius 2 is 1.94 bits per heavy atom. The van der Waals surface area contributed by atoms with Crippen molar-refractivity contribution in [3.05, 3.63) is 33.8 Å². The van der Waals surface area contributed by atoms with E-state index in [0.29, 0.717) is 27.3 Å². The predicted molar refractivity (Wildman–Crippen MR) is 78.1 cm³/mol. The Morgan fingerprint density at radius 1 is 1.28 bits per heavy atom. The van der Waals surface area contributed by atoms with Crippen molar-refractivity contribution in [1.29, 1.82) is 0 Å². The molecule has 1 aromatic rings. The minimum atomic E-state index is -1.11. The highest BCUT2D eigenvalue weighted by Gasteiger charge is 2.12. The Balaban J connectivity index is 2.59. The maximum atomic E-state index is 11.9. The first-order valence-electron chi connectivity index (χ1n) is 5.73. The third kappa shape index (κ3) is 5.09. The minimum absolute atomic E-state index is 0.0463. The number of carbonyl (C=O) groups is 1. The zero-order valence-electron chi connectivity index (χ0n) is 10.4. The first kappa shape index (κ1) is 15.7. The molecule has 1 rings (SSSR count). The van der Waals surface area contributed by atoms with Crippen LogP contribution in [-0.2, 0) is 10.8 Å². The van der Waals surface area contributed by atoms with Crippen LogP contribution in [0.3, 0.4) is 0 Å². The summed E-state index contributed by atoms with van der Waals surface area (Å²) >= 11 is 11.6. The first-order valence-corrected chi connectivity index (χ1v) is 7.97. The molecule has 1 atom stereocenters. The molecule has 0 saturated heterocycles. The van der Waals surface area contributed by atoms with Crippen molar-refractivity contribution >= 4 is 39.8 Å². The van der Waals surface area contributed by atoms with Crippen molar-refractivity contribution in [2.24, 2.45) is 5.92 Å². The summed E-state index contributed by atoms with van der Waals surface area (Å²) in [6, 6.07) is 4.70. The number of hydrogen-bond acceptors (Lipinski definition) is 2. The molecule has 0 bridgehead atoms. The second-order valence-corrected chi connectivity index (χ2v) is 6.91. The predicted octanol–water partition coefficient (Wildman–Crippen LogP) is 3.97. The molecule has 1 unspecified atom stereocenters. The second kappa shape index (κ2) is 7.27. The van der Waals surface area contributed by atoms with Gasteiger partial charge in [0.1, 0.15) is 0 Å². The monoisotopic (exact) mass is 306 g/mol. The highest BCUT2D eigenvalue weighted by atomic mass is 35.5. The largest absolute Gasteiger partial charge is 0.293 e. The molecular formula is C13H16Cl2O2S. The van der Waals surface area contributed by atoms with Gasteiger partial charge in [-0.3, -0.25) is 9.00 Å². The van der Waals surface area contributed by atoms with Gasteiger partial charge in [0.15, 0.2) is 5.78 Å². The molecule has 0 heterocycles. The molecule has 0 saturated carbocycles. The van der Waals surface area contributed by atoms with Crippen molar-refractivity contribution in [3.63, 3.8) is 0 Å². The van der Waals surface area contributed by atoms with Crippen LogP contribution in [0.5, 0.6) is 0 Å². The summed E-state index contributed by atoms with van der Waals surface area (Å²) in [6.45, 7) is 4.13. The topological polar surface area (TPSA) is 34.1 Å². The molecule has 100 valence electrons. The van der Waals surface area contributed by atoms with Gasteiger partial charge in [-0.05, 0) is 30.5 Å². The Morgan fingerprint density at radius 3 is 2.50 bits per heavy atom. The summed E-state index contributed by atoms with van der Waals surface area (Å²) in [5, 5.41) is 0.754. The quantitative estimate of drug-likeness (QED) is 0.745. The Labute approximate surface area is 120 Å². The number of carbonyl (C=O) groups excluding carboxylic acids is 1. The molecule has 0 aliphatic rings. The van der Waals surface area contributed by atoms with Gasteiger partial charge >= 0.3 is 0 Å². The van der Waals surface area contributed by atoms with Crippen LogP contribution in [-0.4, -0.2) is 21.5 Å². The number of rotatable bonds is 6. The Kier molecular flexibility index (Phi) is 6.33. The van der Waals surface area contributed by atoms with Crippen LogP contribution < -0.4 is 0 Å². The van der Waals surface area contributed by atoms with E-state index in [1.54, 1.807) is 12.1 Å². The fraction of sp³-hybridized carbons (Fsp3) is 0.462. The zero-order chi connectivity index (χ0) is 13.7. The number of benzene rings is 1. The van der Waals surface area contributed by atoms with Crippen LogP contribution in [0.2, 0.25) is 10.0 Å². The van der Waals surface area contributed by atoms with E-state index in [0.717, 1.165) is 6.42 Å². The van der Waals surface area contributed by atoms with Gasteiger partial charge in [0.25, 0.3) is 0 Å². The van der Waals surface area contributed by atoms with Crippen molar-refractivity contribution in [1.82, 2.24) is 0 Å².